The van der Waals surface area contributed by atoms with E-state index in [1.165, 1.54) is 16.7 Å². The minimum Gasteiger partial charge on any atom is -0.329 e. The van der Waals surface area contributed by atoms with Gasteiger partial charge in [0.25, 0.3) is 0 Å². The summed E-state index contributed by atoms with van der Waals surface area (Å²) in [4.78, 5) is 9.60. The zero-order chi connectivity index (χ0) is 30.2. The van der Waals surface area contributed by atoms with Gasteiger partial charge >= 0.3 is 0 Å². The van der Waals surface area contributed by atoms with Gasteiger partial charge in [0, 0.05) is 64.8 Å². The highest BCUT2D eigenvalue weighted by Gasteiger charge is 2.06. The number of aryl methyl sites for hydroxylation is 1. The number of nitrogens with zero attached hydrogens (tertiary/aromatic N) is 2. The molecule has 0 amide bonds. The molecule has 6 N–H and O–H groups in total. The summed E-state index contributed by atoms with van der Waals surface area (Å²) in [5.74, 6) is 0. The number of unbranched alkanes of at least 4 members (excludes halogenated alkanes) is 1. The standard InChI is InChI=1S/C36H53N7/c1-2-31-11-13-33(14-12-31)27-41-24-25-42-30-36(10-6-7-20-39-26-32-8-4-3-5-9-32)43-29-35-17-15-34(16-18-35)28-40-23-22-38-21-19-37/h3-5,8-9,11-18,27,29,36,38-40,42H,2,6-7,10,19-26,28,30,37H2,1H3. The summed E-state index contributed by atoms with van der Waals surface area (Å²) in [5, 5.41) is 13.9. The van der Waals surface area contributed by atoms with Crippen LogP contribution < -0.4 is 27.0 Å². The molecule has 43 heavy (non-hydrogen) atoms. The van der Waals surface area contributed by atoms with Gasteiger partial charge in [0.05, 0.1) is 12.6 Å². The molecule has 0 saturated heterocycles. The highest BCUT2D eigenvalue weighted by molar-refractivity contribution is 5.80. The lowest BCUT2D eigenvalue weighted by molar-refractivity contribution is 0.513. The van der Waals surface area contributed by atoms with Crippen LogP contribution in [0.3, 0.4) is 0 Å². The Labute approximate surface area is 259 Å². The van der Waals surface area contributed by atoms with Gasteiger partial charge in [-0.3, -0.25) is 9.98 Å². The van der Waals surface area contributed by atoms with Crippen LogP contribution in [-0.2, 0) is 19.5 Å². The van der Waals surface area contributed by atoms with Crippen molar-refractivity contribution < 1.29 is 0 Å². The van der Waals surface area contributed by atoms with Crippen molar-refractivity contribution >= 4 is 12.4 Å². The average molecular weight is 584 g/mol. The number of hydrogen-bond donors (Lipinski definition) is 5. The molecule has 3 rings (SSSR count). The smallest absolute Gasteiger partial charge is 0.0624 e. The van der Waals surface area contributed by atoms with Gasteiger partial charge in [0.2, 0.25) is 0 Å². The van der Waals surface area contributed by atoms with Crippen LogP contribution in [-0.4, -0.2) is 70.8 Å². The first kappa shape index (κ1) is 34.3. The summed E-state index contributed by atoms with van der Waals surface area (Å²) in [5.41, 5.74) is 11.8. The van der Waals surface area contributed by atoms with Crippen molar-refractivity contribution in [3.63, 3.8) is 0 Å². The summed E-state index contributed by atoms with van der Waals surface area (Å²) in [6, 6.07) is 28.1. The van der Waals surface area contributed by atoms with Crippen molar-refractivity contribution in [1.29, 1.82) is 0 Å². The van der Waals surface area contributed by atoms with Crippen LogP contribution in [0.25, 0.3) is 0 Å². The van der Waals surface area contributed by atoms with E-state index in [0.717, 1.165) is 95.7 Å². The van der Waals surface area contributed by atoms with Gasteiger partial charge in [-0.1, -0.05) is 92.2 Å². The number of hydrogen-bond acceptors (Lipinski definition) is 7. The third kappa shape index (κ3) is 15.7. The van der Waals surface area contributed by atoms with Crippen molar-refractivity contribution in [2.45, 2.75) is 51.7 Å². The normalized spacial score (nSPS) is 12.4. The fourth-order valence-electron chi connectivity index (χ4n) is 4.66. The van der Waals surface area contributed by atoms with Crippen molar-refractivity contribution in [3.05, 3.63) is 107 Å². The van der Waals surface area contributed by atoms with E-state index in [2.05, 4.69) is 112 Å². The van der Waals surface area contributed by atoms with E-state index in [1.54, 1.807) is 0 Å². The molecule has 7 nitrogen and oxygen atoms in total. The Kier molecular flexibility index (Phi) is 17.8. The molecular weight excluding hydrogens is 530 g/mol. The van der Waals surface area contributed by atoms with Crippen LogP contribution in [0.2, 0.25) is 0 Å². The molecule has 0 saturated carbocycles. The Morgan fingerprint density at radius 3 is 2.02 bits per heavy atom. The molecule has 1 atom stereocenters. The summed E-state index contributed by atoms with van der Waals surface area (Å²) in [6.45, 7) is 10.8. The first-order valence-corrected chi connectivity index (χ1v) is 16.0. The highest BCUT2D eigenvalue weighted by Crippen LogP contribution is 2.08. The number of nitrogens with two attached hydrogens (primary N) is 1. The third-order valence-electron chi connectivity index (χ3n) is 7.28. The quantitative estimate of drug-likeness (QED) is 0.0845. The Bertz CT molecular complexity index is 1140. The monoisotopic (exact) mass is 583 g/mol. The predicted octanol–water partition coefficient (Wildman–Crippen LogP) is 4.34. The molecule has 0 spiro atoms. The number of benzene rings is 3. The SMILES string of the molecule is CCc1ccc(C=NCCNCC(CCCCNCc2ccccc2)N=Cc2ccc(CNCCNCCN)cc2)cc1. The molecule has 1 unspecified atom stereocenters. The molecule has 3 aromatic carbocycles. The van der Waals surface area contributed by atoms with Gasteiger partial charge in [-0.15, -0.1) is 0 Å². The maximum Gasteiger partial charge on any atom is 0.0624 e. The van der Waals surface area contributed by atoms with Crippen molar-refractivity contribution in [2.24, 2.45) is 15.7 Å². The lowest BCUT2D eigenvalue weighted by Crippen LogP contribution is -2.30. The second-order valence-corrected chi connectivity index (χ2v) is 10.9. The van der Waals surface area contributed by atoms with E-state index in [1.807, 2.05) is 12.4 Å². The summed E-state index contributed by atoms with van der Waals surface area (Å²) >= 11 is 0. The molecule has 0 heterocycles. The Morgan fingerprint density at radius 2 is 1.30 bits per heavy atom. The van der Waals surface area contributed by atoms with E-state index in [4.69, 9.17) is 10.7 Å². The molecular formula is C36H53N7. The number of rotatable bonds is 23. The van der Waals surface area contributed by atoms with Crippen molar-refractivity contribution in [2.75, 3.05) is 52.4 Å². The van der Waals surface area contributed by atoms with Crippen LogP contribution in [0.5, 0.6) is 0 Å². The molecule has 7 heteroatoms. The molecule has 3 aromatic rings. The summed E-state index contributed by atoms with van der Waals surface area (Å²) in [6.07, 6.45) is 8.41. The van der Waals surface area contributed by atoms with E-state index >= 15 is 0 Å². The van der Waals surface area contributed by atoms with Crippen LogP contribution in [0.4, 0.5) is 0 Å². The molecule has 0 radical (unpaired) electrons. The second-order valence-electron chi connectivity index (χ2n) is 10.9. The van der Waals surface area contributed by atoms with Crippen LogP contribution in [0.15, 0.2) is 88.8 Å². The zero-order valence-corrected chi connectivity index (χ0v) is 26.1. The minimum atomic E-state index is 0.238. The average Bonchev–Trinajstić information content (AvgIpc) is 3.05. The van der Waals surface area contributed by atoms with Crippen LogP contribution >= 0.6 is 0 Å². The highest BCUT2D eigenvalue weighted by atomic mass is 14.9. The summed E-state index contributed by atoms with van der Waals surface area (Å²) < 4.78 is 0. The maximum atomic E-state index is 5.51. The first-order chi connectivity index (χ1) is 21.3. The van der Waals surface area contributed by atoms with Gasteiger partial charge < -0.3 is 27.0 Å². The minimum absolute atomic E-state index is 0.238. The molecule has 0 aliphatic carbocycles. The Morgan fingerprint density at radius 1 is 0.651 bits per heavy atom. The van der Waals surface area contributed by atoms with Gasteiger partial charge in [-0.2, -0.15) is 0 Å². The van der Waals surface area contributed by atoms with E-state index in [0.29, 0.717) is 6.54 Å². The molecule has 232 valence electrons. The van der Waals surface area contributed by atoms with Gasteiger partial charge in [-0.05, 0) is 53.6 Å². The first-order valence-electron chi connectivity index (χ1n) is 16.0. The molecule has 0 aliphatic rings. The zero-order valence-electron chi connectivity index (χ0n) is 26.1. The fraction of sp³-hybridized carbons (Fsp3) is 0.444. The number of aliphatic imine (C=N–C) groups is 2. The van der Waals surface area contributed by atoms with Crippen LogP contribution in [0.1, 0.15) is 54.0 Å². The second kappa shape index (κ2) is 22.4. The maximum absolute atomic E-state index is 5.51. The Hall–Kier alpha value is -3.20. The predicted molar refractivity (Wildman–Crippen MR) is 185 cm³/mol. The van der Waals surface area contributed by atoms with Gasteiger partial charge in [0.1, 0.15) is 0 Å². The molecule has 0 aliphatic heterocycles. The van der Waals surface area contributed by atoms with Crippen molar-refractivity contribution in [3.8, 4) is 0 Å². The lowest BCUT2D eigenvalue weighted by Gasteiger charge is -2.14. The lowest BCUT2D eigenvalue weighted by atomic mass is 10.1. The van der Waals surface area contributed by atoms with Crippen LogP contribution in [0, 0.1) is 0 Å². The van der Waals surface area contributed by atoms with Crippen molar-refractivity contribution in [1.82, 2.24) is 21.3 Å². The van der Waals surface area contributed by atoms with Gasteiger partial charge in [-0.25, -0.2) is 0 Å². The van der Waals surface area contributed by atoms with E-state index < -0.39 is 0 Å². The topological polar surface area (TPSA) is 98.9 Å². The molecule has 0 aromatic heterocycles. The molecule has 0 bridgehead atoms. The third-order valence-corrected chi connectivity index (χ3v) is 7.28. The van der Waals surface area contributed by atoms with Gasteiger partial charge in [0.15, 0.2) is 0 Å². The Balaban J connectivity index is 1.41. The fourth-order valence-corrected chi connectivity index (χ4v) is 4.66. The molecule has 0 fully saturated rings. The number of nitrogens with one attached hydrogen (secondary N) is 4. The van der Waals surface area contributed by atoms with E-state index in [-0.39, 0.29) is 6.04 Å². The largest absolute Gasteiger partial charge is 0.329 e. The van der Waals surface area contributed by atoms with E-state index in [9.17, 15) is 0 Å². The summed E-state index contributed by atoms with van der Waals surface area (Å²) in [7, 11) is 0.